The van der Waals surface area contributed by atoms with Crippen LogP contribution in [0.1, 0.15) is 0 Å². The summed E-state index contributed by atoms with van der Waals surface area (Å²) in [5, 5.41) is 7.81. The molecule has 0 radical (unpaired) electrons. The molecule has 0 aliphatic carbocycles. The Bertz CT molecular complexity index is 3640. The minimum Gasteiger partial charge on any atom is -0.311 e. The van der Waals surface area contributed by atoms with E-state index in [-0.39, 0.29) is 0 Å². The molecule has 0 amide bonds. The summed E-state index contributed by atoms with van der Waals surface area (Å²) < 4.78 is 0. The molecule has 0 unspecified atom stereocenters. The van der Waals surface area contributed by atoms with Crippen LogP contribution >= 0.6 is 0 Å². The molecule has 0 saturated heterocycles. The zero-order valence-corrected chi connectivity index (χ0v) is 40.9. The van der Waals surface area contributed by atoms with E-state index in [1.54, 1.807) is 0 Å². The predicted molar refractivity (Wildman–Crippen MR) is 309 cm³/mol. The third-order valence-corrected chi connectivity index (χ3v) is 19.0. The van der Waals surface area contributed by atoms with Crippen LogP contribution in [-0.4, -0.2) is 8.07 Å². The van der Waals surface area contributed by atoms with E-state index in [0.717, 1.165) is 22.6 Å². The Morgan fingerprint density at radius 1 is 0.222 bits per heavy atom. The summed E-state index contributed by atoms with van der Waals surface area (Å²) in [4.78, 5) is 2.42. The number of benzene rings is 12. The fraction of sp³-hybridized carbons (Fsp3) is 0. The van der Waals surface area contributed by atoms with Gasteiger partial charge in [-0.2, -0.15) is 0 Å². The lowest BCUT2D eigenvalue weighted by molar-refractivity contribution is 1.29. The second-order valence-electron chi connectivity index (χ2n) is 18.3. The Morgan fingerprint density at radius 3 is 1.04 bits per heavy atom. The quantitative estimate of drug-likeness (QED) is 0.0872. The molecule has 0 aliphatic rings. The minimum atomic E-state index is -2.80. The summed E-state index contributed by atoms with van der Waals surface area (Å²) in [5.74, 6) is 0. The Kier molecular flexibility index (Phi) is 12.1. The normalized spacial score (nSPS) is 11.3. The first kappa shape index (κ1) is 44.1. The van der Waals surface area contributed by atoms with Crippen molar-refractivity contribution in [2.45, 2.75) is 0 Å². The smallest absolute Gasteiger partial charge is 0.179 e. The van der Waals surface area contributed by atoms with Crippen molar-refractivity contribution in [3.63, 3.8) is 0 Å². The summed E-state index contributed by atoms with van der Waals surface area (Å²) in [7, 11) is -2.80. The lowest BCUT2D eigenvalue weighted by Crippen LogP contribution is -2.74. The first-order valence-corrected chi connectivity index (χ1v) is 26.8. The first-order valence-electron chi connectivity index (χ1n) is 24.8. The first-order chi connectivity index (χ1) is 35.8. The highest BCUT2D eigenvalue weighted by Gasteiger charge is 2.41. The zero-order chi connectivity index (χ0) is 48.1. The van der Waals surface area contributed by atoms with Crippen LogP contribution in [0.4, 0.5) is 17.1 Å². The maximum absolute atomic E-state index is 2.80. The lowest BCUT2D eigenvalue weighted by Gasteiger charge is -2.35. The SMILES string of the molecule is c1ccc(-c2c(-c3ccccc3)c(-c3ccccc3)c3c(-c4ccc(N(c5ccccc5)c5cccc([Si](c6ccccc6)(c6ccccc6)c6ccccc6)c5)cc4)cccc3c2-c2ccccc2)cc1. The van der Waals surface area contributed by atoms with Crippen molar-refractivity contribution < 1.29 is 0 Å². The van der Waals surface area contributed by atoms with E-state index < -0.39 is 8.07 Å². The lowest BCUT2D eigenvalue weighted by atomic mass is 9.77. The highest BCUT2D eigenvalue weighted by Crippen LogP contribution is 2.53. The van der Waals surface area contributed by atoms with E-state index >= 15 is 0 Å². The number of para-hydroxylation sites is 1. The van der Waals surface area contributed by atoms with Crippen molar-refractivity contribution in [3.05, 3.63) is 309 Å². The maximum Gasteiger partial charge on any atom is 0.179 e. The summed E-state index contributed by atoms with van der Waals surface area (Å²) >= 11 is 0. The van der Waals surface area contributed by atoms with Gasteiger partial charge in [0.05, 0.1) is 0 Å². The average Bonchev–Trinajstić information content (AvgIpc) is 3.47. The Hall–Kier alpha value is -9.08. The fourth-order valence-corrected chi connectivity index (χ4v) is 15.9. The van der Waals surface area contributed by atoms with Crippen LogP contribution in [0.2, 0.25) is 0 Å². The van der Waals surface area contributed by atoms with Crippen LogP contribution in [0.25, 0.3) is 66.4 Å². The largest absolute Gasteiger partial charge is 0.311 e. The average molecular weight is 934 g/mol. The Morgan fingerprint density at radius 2 is 0.569 bits per heavy atom. The van der Waals surface area contributed by atoms with Crippen molar-refractivity contribution in [2.75, 3.05) is 4.90 Å². The van der Waals surface area contributed by atoms with E-state index in [0.29, 0.717) is 0 Å². The van der Waals surface area contributed by atoms with Gasteiger partial charge in [0.2, 0.25) is 0 Å². The molecule has 2 heteroatoms. The molecule has 0 bridgehead atoms. The topological polar surface area (TPSA) is 3.24 Å². The monoisotopic (exact) mass is 933 g/mol. The third kappa shape index (κ3) is 8.04. The molecule has 0 aromatic heterocycles. The predicted octanol–water partition coefficient (Wildman–Crippen LogP) is 16.0. The Balaban J connectivity index is 1.08. The van der Waals surface area contributed by atoms with Gasteiger partial charge < -0.3 is 4.90 Å². The van der Waals surface area contributed by atoms with Crippen molar-refractivity contribution in [1.82, 2.24) is 0 Å². The standard InChI is InChI=1S/C70H51NSi/c1-9-27-53(28-10-1)66-65-46-26-45-64(70(65)69(56-33-15-4-16-34-56)68(55-31-13-3-14-32-55)67(66)54-29-11-2-12-30-54)52-47-49-58(50-48-52)71(57-35-17-5-18-36-57)59-37-25-44-63(51-59)72(60-38-19-6-20-39-60,61-40-21-7-22-41-61)62-42-23-8-24-43-62/h1-51H. The van der Waals surface area contributed by atoms with Crippen molar-refractivity contribution in [2.24, 2.45) is 0 Å². The van der Waals surface area contributed by atoms with Gasteiger partial charge in [0.25, 0.3) is 0 Å². The third-order valence-electron chi connectivity index (χ3n) is 14.2. The Labute approximate surface area is 424 Å². The number of hydrogen-bond donors (Lipinski definition) is 0. The van der Waals surface area contributed by atoms with Crippen LogP contribution < -0.4 is 25.6 Å². The van der Waals surface area contributed by atoms with Gasteiger partial charge in [-0.05, 0) is 124 Å². The molecule has 1 nitrogen and oxygen atoms in total. The molecule has 12 aromatic carbocycles. The zero-order valence-electron chi connectivity index (χ0n) is 39.9. The van der Waals surface area contributed by atoms with Gasteiger partial charge in [0.1, 0.15) is 0 Å². The minimum absolute atomic E-state index is 1.08. The van der Waals surface area contributed by atoms with Gasteiger partial charge in [0, 0.05) is 17.1 Å². The van der Waals surface area contributed by atoms with Gasteiger partial charge in [-0.1, -0.05) is 273 Å². The number of anilines is 3. The molecular formula is C70H51NSi. The summed E-state index contributed by atoms with van der Waals surface area (Å²) in [6.07, 6.45) is 0. The summed E-state index contributed by atoms with van der Waals surface area (Å²) in [5.41, 5.74) is 15.3. The fourth-order valence-electron chi connectivity index (χ4n) is 11.1. The molecule has 72 heavy (non-hydrogen) atoms. The van der Waals surface area contributed by atoms with Crippen molar-refractivity contribution in [3.8, 4) is 55.6 Å². The van der Waals surface area contributed by atoms with Crippen molar-refractivity contribution >= 4 is 56.7 Å². The summed E-state index contributed by atoms with van der Waals surface area (Å²) in [6.45, 7) is 0. The second kappa shape index (κ2) is 19.7. The molecule has 0 aliphatic heterocycles. The molecule has 0 fully saturated rings. The molecule has 0 spiro atoms. The van der Waals surface area contributed by atoms with Gasteiger partial charge in [0.15, 0.2) is 8.07 Å². The van der Waals surface area contributed by atoms with Crippen LogP contribution in [-0.2, 0) is 0 Å². The molecule has 12 rings (SSSR count). The van der Waals surface area contributed by atoms with Crippen LogP contribution in [0.15, 0.2) is 309 Å². The van der Waals surface area contributed by atoms with E-state index in [1.165, 1.54) is 81.6 Å². The van der Waals surface area contributed by atoms with Crippen LogP contribution in [0, 0.1) is 0 Å². The van der Waals surface area contributed by atoms with E-state index in [9.17, 15) is 0 Å². The van der Waals surface area contributed by atoms with Gasteiger partial charge in [-0.15, -0.1) is 0 Å². The molecule has 0 heterocycles. The number of rotatable bonds is 12. The molecule has 0 saturated carbocycles. The maximum atomic E-state index is 2.46. The number of hydrogen-bond acceptors (Lipinski definition) is 1. The molecule has 0 N–H and O–H groups in total. The van der Waals surface area contributed by atoms with E-state index in [1.807, 2.05) is 0 Å². The second-order valence-corrected chi connectivity index (χ2v) is 22.1. The molecule has 12 aromatic rings. The molecular weight excluding hydrogens is 883 g/mol. The number of fused-ring (bicyclic) bond motifs is 1. The van der Waals surface area contributed by atoms with Crippen LogP contribution in [0.3, 0.4) is 0 Å². The van der Waals surface area contributed by atoms with Gasteiger partial charge in [-0.3, -0.25) is 0 Å². The van der Waals surface area contributed by atoms with Crippen LogP contribution in [0.5, 0.6) is 0 Å². The van der Waals surface area contributed by atoms with Crippen molar-refractivity contribution in [1.29, 1.82) is 0 Å². The van der Waals surface area contributed by atoms with Gasteiger partial charge >= 0.3 is 0 Å². The highest BCUT2D eigenvalue weighted by atomic mass is 28.3. The van der Waals surface area contributed by atoms with E-state index in [4.69, 9.17) is 0 Å². The summed E-state index contributed by atoms with van der Waals surface area (Å²) in [6, 6.07) is 114. The highest BCUT2D eigenvalue weighted by molar-refractivity contribution is 7.19. The van der Waals surface area contributed by atoms with E-state index in [2.05, 4.69) is 314 Å². The van der Waals surface area contributed by atoms with Gasteiger partial charge in [-0.25, -0.2) is 0 Å². The molecule has 340 valence electrons. The number of nitrogens with zero attached hydrogens (tertiary/aromatic N) is 1. The molecule has 0 atom stereocenters.